The Hall–Kier alpha value is -1.95. The van der Waals surface area contributed by atoms with Crippen LogP contribution in [0.3, 0.4) is 0 Å². The third kappa shape index (κ3) is 3.75. The topological polar surface area (TPSA) is 61.5 Å². The van der Waals surface area contributed by atoms with Gasteiger partial charge in [0.05, 0.1) is 7.11 Å². The zero-order chi connectivity index (χ0) is 14.6. The molecule has 0 aliphatic rings. The summed E-state index contributed by atoms with van der Waals surface area (Å²) in [7, 11) is 1.27. The van der Waals surface area contributed by atoms with Crippen molar-refractivity contribution in [3.05, 3.63) is 34.6 Å². The summed E-state index contributed by atoms with van der Waals surface area (Å²) in [4.78, 5) is 11.0. The average Bonchev–Trinajstić information content (AvgIpc) is 2.36. The van der Waals surface area contributed by atoms with Gasteiger partial charge in [-0.05, 0) is 54.9 Å². The number of nitrogens with two attached hydrogens (primary N) is 1. The molecule has 0 aromatic heterocycles. The number of thiocarbonyl (C=S) groups is 1. The average molecular weight is 283 g/mol. The van der Waals surface area contributed by atoms with Crippen molar-refractivity contribution in [1.29, 1.82) is 0 Å². The second kappa shape index (κ2) is 6.29. The van der Waals surface area contributed by atoms with Gasteiger partial charge < -0.3 is 15.2 Å². The molecule has 4 nitrogen and oxygen atoms in total. The smallest absolute Gasteiger partial charge is 0.330 e. The monoisotopic (exact) mass is 283 g/mol. The maximum absolute atomic E-state index is 14.1. The maximum Gasteiger partial charge on any atom is 0.330 e. The Morgan fingerprint density at radius 3 is 2.63 bits per heavy atom. The first-order chi connectivity index (χ1) is 8.86. The minimum atomic E-state index is -0.558. The van der Waals surface area contributed by atoms with Crippen LogP contribution in [0.15, 0.2) is 12.1 Å². The van der Waals surface area contributed by atoms with E-state index in [0.29, 0.717) is 16.7 Å². The molecule has 0 aliphatic heterocycles. The van der Waals surface area contributed by atoms with Crippen molar-refractivity contribution >= 4 is 29.4 Å². The molecule has 1 rings (SSSR count). The molecule has 1 aromatic carbocycles. The fraction of sp³-hybridized carbons (Fsp3) is 0.231. The fourth-order valence-electron chi connectivity index (χ4n) is 1.50. The molecule has 2 N–H and O–H groups in total. The van der Waals surface area contributed by atoms with Crippen LogP contribution in [0.25, 0.3) is 6.08 Å². The molecule has 0 spiro atoms. The molecule has 0 unspecified atom stereocenters. The standard InChI is InChI=1S/C13H14FNO3S/c1-7-6-9(4-5-10(16)17-3)8(2)11(14)12(7)18-13(15)19/h4-6H,1-3H3,(H2,15,19). The molecule has 6 heteroatoms. The van der Waals surface area contributed by atoms with Gasteiger partial charge in [-0.1, -0.05) is 0 Å². The number of rotatable bonds is 3. The summed E-state index contributed by atoms with van der Waals surface area (Å²) in [6.07, 6.45) is 2.69. The van der Waals surface area contributed by atoms with E-state index in [2.05, 4.69) is 17.0 Å². The minimum absolute atomic E-state index is 0.000202. The predicted molar refractivity (Wildman–Crippen MR) is 74.3 cm³/mol. The van der Waals surface area contributed by atoms with E-state index in [1.54, 1.807) is 19.9 Å². The lowest BCUT2D eigenvalue weighted by atomic mass is 10.0. The van der Waals surface area contributed by atoms with Crippen LogP contribution in [0.2, 0.25) is 0 Å². The van der Waals surface area contributed by atoms with E-state index in [-0.39, 0.29) is 10.9 Å². The van der Waals surface area contributed by atoms with Crippen LogP contribution in [0.1, 0.15) is 16.7 Å². The van der Waals surface area contributed by atoms with Crippen LogP contribution in [0, 0.1) is 19.7 Å². The summed E-state index contributed by atoms with van der Waals surface area (Å²) in [5.74, 6) is -1.07. The summed E-state index contributed by atoms with van der Waals surface area (Å²) < 4.78 is 23.5. The Morgan fingerprint density at radius 2 is 2.11 bits per heavy atom. The van der Waals surface area contributed by atoms with E-state index in [0.717, 1.165) is 0 Å². The van der Waals surface area contributed by atoms with E-state index in [4.69, 9.17) is 10.5 Å². The molecular formula is C13H14FNO3S. The highest BCUT2D eigenvalue weighted by atomic mass is 32.1. The molecular weight excluding hydrogens is 269 g/mol. The minimum Gasteiger partial charge on any atom is -0.466 e. The zero-order valence-corrected chi connectivity index (χ0v) is 11.6. The summed E-state index contributed by atoms with van der Waals surface area (Å²) in [6, 6.07) is 1.67. The molecule has 0 saturated carbocycles. The lowest BCUT2D eigenvalue weighted by Gasteiger charge is -2.12. The third-order valence-electron chi connectivity index (χ3n) is 2.49. The van der Waals surface area contributed by atoms with Gasteiger partial charge in [0, 0.05) is 6.08 Å². The van der Waals surface area contributed by atoms with Gasteiger partial charge in [0.25, 0.3) is 5.17 Å². The number of benzene rings is 1. The van der Waals surface area contributed by atoms with Crippen molar-refractivity contribution in [2.75, 3.05) is 7.11 Å². The Bertz CT molecular complexity index is 555. The lowest BCUT2D eigenvalue weighted by Crippen LogP contribution is -2.17. The molecule has 0 bridgehead atoms. The van der Waals surface area contributed by atoms with Gasteiger partial charge >= 0.3 is 5.97 Å². The maximum atomic E-state index is 14.1. The first kappa shape index (κ1) is 15.1. The zero-order valence-electron chi connectivity index (χ0n) is 10.8. The van der Waals surface area contributed by atoms with E-state index in [9.17, 15) is 9.18 Å². The summed E-state index contributed by atoms with van der Waals surface area (Å²) in [6.45, 7) is 3.23. The number of halogens is 1. The van der Waals surface area contributed by atoms with Crippen LogP contribution in [0.4, 0.5) is 4.39 Å². The molecule has 19 heavy (non-hydrogen) atoms. The number of carbonyl (C=O) groups excluding carboxylic acids is 1. The second-order valence-electron chi connectivity index (χ2n) is 3.83. The number of esters is 1. The van der Waals surface area contributed by atoms with Gasteiger partial charge in [0.1, 0.15) is 0 Å². The molecule has 0 saturated heterocycles. The quantitative estimate of drug-likeness (QED) is 0.524. The van der Waals surface area contributed by atoms with Crippen molar-refractivity contribution in [2.24, 2.45) is 5.73 Å². The molecule has 0 amide bonds. The van der Waals surface area contributed by atoms with Crippen LogP contribution < -0.4 is 10.5 Å². The molecule has 0 radical (unpaired) electrons. The molecule has 0 fully saturated rings. The van der Waals surface area contributed by atoms with Gasteiger partial charge in [-0.25, -0.2) is 9.18 Å². The predicted octanol–water partition coefficient (Wildman–Crippen LogP) is 2.25. The van der Waals surface area contributed by atoms with Crippen LogP contribution in [0.5, 0.6) is 5.75 Å². The molecule has 0 heterocycles. The highest BCUT2D eigenvalue weighted by Gasteiger charge is 2.14. The van der Waals surface area contributed by atoms with Gasteiger partial charge in [-0.15, -0.1) is 0 Å². The Morgan fingerprint density at radius 1 is 1.47 bits per heavy atom. The number of hydrogen-bond donors (Lipinski definition) is 1. The summed E-state index contributed by atoms with van der Waals surface area (Å²) in [5.41, 5.74) is 6.64. The van der Waals surface area contributed by atoms with Crippen molar-refractivity contribution < 1.29 is 18.7 Å². The SMILES string of the molecule is COC(=O)C=Cc1cc(C)c(OC(N)=S)c(F)c1C. The largest absolute Gasteiger partial charge is 0.466 e. The highest BCUT2D eigenvalue weighted by Crippen LogP contribution is 2.28. The van der Waals surface area contributed by atoms with E-state index in [1.165, 1.54) is 19.3 Å². The number of aryl methyl sites for hydroxylation is 1. The van der Waals surface area contributed by atoms with Crippen molar-refractivity contribution in [3.8, 4) is 5.75 Å². The Balaban J connectivity index is 3.21. The van der Waals surface area contributed by atoms with Crippen LogP contribution >= 0.6 is 12.2 Å². The normalized spacial score (nSPS) is 10.5. The first-order valence-electron chi connectivity index (χ1n) is 5.39. The second-order valence-corrected chi connectivity index (χ2v) is 4.23. The van der Waals surface area contributed by atoms with Crippen molar-refractivity contribution in [1.82, 2.24) is 0 Å². The Kier molecular flexibility index (Phi) is 5.00. The number of hydrogen-bond acceptors (Lipinski definition) is 4. The van der Waals surface area contributed by atoms with Crippen LogP contribution in [-0.2, 0) is 9.53 Å². The van der Waals surface area contributed by atoms with Crippen molar-refractivity contribution in [3.63, 3.8) is 0 Å². The molecule has 0 atom stereocenters. The van der Waals surface area contributed by atoms with Crippen molar-refractivity contribution in [2.45, 2.75) is 13.8 Å². The number of carbonyl (C=O) groups is 1. The van der Waals surface area contributed by atoms with E-state index >= 15 is 0 Å². The molecule has 0 aliphatic carbocycles. The van der Waals surface area contributed by atoms with E-state index < -0.39 is 11.8 Å². The van der Waals surface area contributed by atoms with Gasteiger partial charge in [-0.3, -0.25) is 0 Å². The number of methoxy groups -OCH3 is 1. The summed E-state index contributed by atoms with van der Waals surface area (Å²) in [5, 5.41) is -0.251. The summed E-state index contributed by atoms with van der Waals surface area (Å²) >= 11 is 4.59. The third-order valence-corrected chi connectivity index (χ3v) is 2.58. The number of ether oxygens (including phenoxy) is 2. The van der Waals surface area contributed by atoms with Crippen LogP contribution in [-0.4, -0.2) is 18.3 Å². The highest BCUT2D eigenvalue weighted by molar-refractivity contribution is 7.80. The molecule has 102 valence electrons. The van der Waals surface area contributed by atoms with E-state index in [1.807, 2.05) is 0 Å². The van der Waals surface area contributed by atoms with Gasteiger partial charge in [0.2, 0.25) is 0 Å². The molecule has 1 aromatic rings. The van der Waals surface area contributed by atoms with Gasteiger partial charge in [0.15, 0.2) is 11.6 Å². The Labute approximate surface area is 116 Å². The fourth-order valence-corrected chi connectivity index (χ4v) is 1.59. The lowest BCUT2D eigenvalue weighted by molar-refractivity contribution is -0.134. The first-order valence-corrected chi connectivity index (χ1v) is 5.80. The van der Waals surface area contributed by atoms with Gasteiger partial charge in [-0.2, -0.15) is 0 Å².